The predicted molar refractivity (Wildman–Crippen MR) is 81.4 cm³/mol. The second-order valence-electron chi connectivity index (χ2n) is 4.33. The summed E-state index contributed by atoms with van der Waals surface area (Å²) in [5.74, 6) is -0.291. The Morgan fingerprint density at radius 3 is 2.14 bits per heavy atom. The maximum Gasteiger partial charge on any atom is 0.320 e. The van der Waals surface area contributed by atoms with E-state index in [2.05, 4.69) is 18.8 Å². The lowest BCUT2D eigenvalue weighted by atomic mass is 10.4. The van der Waals surface area contributed by atoms with Crippen LogP contribution in [-0.2, 0) is 23.7 Å². The maximum absolute atomic E-state index is 11.2. The topological polar surface area (TPSA) is 66.0 Å². The number of carbonyl (C=O) groups is 1. The summed E-state index contributed by atoms with van der Waals surface area (Å²) in [7, 11) is 0. The van der Waals surface area contributed by atoms with Gasteiger partial charge in [-0.2, -0.15) is 0 Å². The Labute approximate surface area is 127 Å². The first-order valence-electron chi connectivity index (χ1n) is 7.51. The molecule has 0 bridgehead atoms. The molecule has 0 saturated heterocycles. The Balaban J connectivity index is 3.08. The zero-order valence-electron chi connectivity index (χ0n) is 13.1. The molecule has 0 radical (unpaired) electrons. The van der Waals surface area contributed by atoms with Crippen LogP contribution in [-0.4, -0.2) is 65.3 Å². The molecule has 0 saturated carbocycles. The van der Waals surface area contributed by atoms with Gasteiger partial charge in [-0.3, -0.25) is 4.79 Å². The van der Waals surface area contributed by atoms with E-state index in [1.54, 1.807) is 6.08 Å². The molecule has 6 nitrogen and oxygen atoms in total. The summed E-state index contributed by atoms with van der Waals surface area (Å²) >= 11 is 0. The van der Waals surface area contributed by atoms with E-state index in [1.807, 2.05) is 0 Å². The van der Waals surface area contributed by atoms with E-state index in [0.717, 1.165) is 19.4 Å². The predicted octanol–water partition coefficient (Wildman–Crippen LogP) is 1.16. The molecule has 0 fully saturated rings. The van der Waals surface area contributed by atoms with Crippen LogP contribution >= 0.6 is 0 Å². The average molecular weight is 303 g/mol. The van der Waals surface area contributed by atoms with E-state index in [0.29, 0.717) is 39.6 Å². The van der Waals surface area contributed by atoms with E-state index in [4.69, 9.17) is 18.9 Å². The number of unbranched alkanes of at least 4 members (excludes halogenated alkanes) is 1. The highest BCUT2D eigenvalue weighted by Crippen LogP contribution is 1.88. The van der Waals surface area contributed by atoms with Crippen molar-refractivity contribution in [3.63, 3.8) is 0 Å². The Morgan fingerprint density at radius 1 is 1.00 bits per heavy atom. The summed E-state index contributed by atoms with van der Waals surface area (Å²) < 4.78 is 20.9. The van der Waals surface area contributed by atoms with Crippen LogP contribution < -0.4 is 5.32 Å². The fourth-order valence-corrected chi connectivity index (χ4v) is 1.33. The monoisotopic (exact) mass is 303 g/mol. The summed E-state index contributed by atoms with van der Waals surface area (Å²) in [6.45, 7) is 10.1. The Hall–Kier alpha value is -0.950. The van der Waals surface area contributed by atoms with Crippen molar-refractivity contribution >= 4 is 5.97 Å². The van der Waals surface area contributed by atoms with Crippen LogP contribution in [0.15, 0.2) is 12.7 Å². The average Bonchev–Trinajstić information content (AvgIpc) is 2.48. The SMILES string of the molecule is C=CCNCC(=O)OCCOCCOCCOCCCC. The fourth-order valence-electron chi connectivity index (χ4n) is 1.33. The molecule has 0 aromatic rings. The van der Waals surface area contributed by atoms with Gasteiger partial charge in [0.15, 0.2) is 0 Å². The van der Waals surface area contributed by atoms with Gasteiger partial charge in [0.1, 0.15) is 6.61 Å². The minimum atomic E-state index is -0.291. The summed E-state index contributed by atoms with van der Waals surface area (Å²) in [4.78, 5) is 11.2. The highest BCUT2D eigenvalue weighted by molar-refractivity contribution is 5.71. The van der Waals surface area contributed by atoms with Crippen LogP contribution in [0.4, 0.5) is 0 Å². The van der Waals surface area contributed by atoms with Gasteiger partial charge in [0, 0.05) is 13.2 Å². The largest absolute Gasteiger partial charge is 0.462 e. The molecule has 0 aromatic heterocycles. The van der Waals surface area contributed by atoms with Gasteiger partial charge in [-0.05, 0) is 6.42 Å². The van der Waals surface area contributed by atoms with Crippen molar-refractivity contribution in [2.24, 2.45) is 0 Å². The van der Waals surface area contributed by atoms with E-state index in [-0.39, 0.29) is 19.1 Å². The minimum absolute atomic E-state index is 0.188. The summed E-state index contributed by atoms with van der Waals surface area (Å²) in [6.07, 6.45) is 3.92. The van der Waals surface area contributed by atoms with Gasteiger partial charge in [0.25, 0.3) is 0 Å². The van der Waals surface area contributed by atoms with Crippen LogP contribution in [0.25, 0.3) is 0 Å². The molecule has 0 spiro atoms. The molecule has 6 heteroatoms. The van der Waals surface area contributed by atoms with Crippen molar-refractivity contribution in [3.8, 4) is 0 Å². The lowest BCUT2D eigenvalue weighted by Crippen LogP contribution is -2.25. The van der Waals surface area contributed by atoms with Gasteiger partial charge in [0.2, 0.25) is 0 Å². The molecule has 124 valence electrons. The van der Waals surface area contributed by atoms with E-state index in [9.17, 15) is 4.79 Å². The second kappa shape index (κ2) is 17.1. The first-order chi connectivity index (χ1) is 10.3. The number of nitrogens with one attached hydrogen (secondary N) is 1. The number of hydrogen-bond acceptors (Lipinski definition) is 6. The molecule has 0 aliphatic carbocycles. The molecular formula is C15H29NO5. The number of rotatable bonds is 16. The van der Waals surface area contributed by atoms with Gasteiger partial charge in [-0.15, -0.1) is 6.58 Å². The normalized spacial score (nSPS) is 10.5. The summed E-state index contributed by atoms with van der Waals surface area (Å²) in [5.41, 5.74) is 0. The van der Waals surface area contributed by atoms with Crippen LogP contribution in [0.5, 0.6) is 0 Å². The highest BCUT2D eigenvalue weighted by atomic mass is 16.6. The van der Waals surface area contributed by atoms with Crippen LogP contribution in [0.3, 0.4) is 0 Å². The molecular weight excluding hydrogens is 274 g/mol. The molecule has 0 aliphatic heterocycles. The van der Waals surface area contributed by atoms with Crippen molar-refractivity contribution in [1.82, 2.24) is 5.32 Å². The molecule has 0 rings (SSSR count). The van der Waals surface area contributed by atoms with E-state index < -0.39 is 0 Å². The van der Waals surface area contributed by atoms with Crippen LogP contribution in [0.1, 0.15) is 19.8 Å². The van der Waals surface area contributed by atoms with Crippen LogP contribution in [0.2, 0.25) is 0 Å². The van der Waals surface area contributed by atoms with Gasteiger partial charge in [-0.25, -0.2) is 0 Å². The van der Waals surface area contributed by atoms with Gasteiger partial charge < -0.3 is 24.3 Å². The molecule has 0 aromatic carbocycles. The Bertz CT molecular complexity index is 248. The smallest absolute Gasteiger partial charge is 0.320 e. The standard InChI is InChI=1S/C15H29NO5/c1-3-5-7-18-8-9-19-10-11-20-12-13-21-15(17)14-16-6-4-2/h4,16H,2-3,5-14H2,1H3. The molecule has 21 heavy (non-hydrogen) atoms. The van der Waals surface area contributed by atoms with Gasteiger partial charge in [-0.1, -0.05) is 19.4 Å². The molecule has 0 aliphatic rings. The van der Waals surface area contributed by atoms with E-state index in [1.165, 1.54) is 0 Å². The summed E-state index contributed by atoms with van der Waals surface area (Å²) in [5, 5.41) is 2.86. The third-order valence-corrected chi connectivity index (χ3v) is 2.43. The van der Waals surface area contributed by atoms with Crippen molar-refractivity contribution in [2.75, 3.05) is 59.3 Å². The van der Waals surface area contributed by atoms with Gasteiger partial charge >= 0.3 is 5.97 Å². The molecule has 0 amide bonds. The minimum Gasteiger partial charge on any atom is -0.462 e. The third kappa shape index (κ3) is 17.0. The lowest BCUT2D eigenvalue weighted by molar-refractivity contribution is -0.144. The zero-order valence-corrected chi connectivity index (χ0v) is 13.1. The van der Waals surface area contributed by atoms with Crippen molar-refractivity contribution in [1.29, 1.82) is 0 Å². The first kappa shape index (κ1) is 20.1. The lowest BCUT2D eigenvalue weighted by Gasteiger charge is -2.07. The second-order valence-corrected chi connectivity index (χ2v) is 4.33. The number of ether oxygens (including phenoxy) is 4. The number of hydrogen-bond donors (Lipinski definition) is 1. The van der Waals surface area contributed by atoms with E-state index >= 15 is 0 Å². The van der Waals surface area contributed by atoms with Gasteiger partial charge in [0.05, 0.1) is 39.6 Å². The van der Waals surface area contributed by atoms with Crippen molar-refractivity contribution in [3.05, 3.63) is 12.7 Å². The molecule has 0 atom stereocenters. The molecule has 0 unspecified atom stereocenters. The van der Waals surface area contributed by atoms with Crippen LogP contribution in [0, 0.1) is 0 Å². The van der Waals surface area contributed by atoms with Crippen molar-refractivity contribution in [2.45, 2.75) is 19.8 Å². The quantitative estimate of drug-likeness (QED) is 0.262. The fraction of sp³-hybridized carbons (Fsp3) is 0.800. The molecule has 0 heterocycles. The maximum atomic E-state index is 11.2. The Kier molecular flexibility index (Phi) is 16.3. The number of esters is 1. The van der Waals surface area contributed by atoms with Crippen molar-refractivity contribution < 1.29 is 23.7 Å². The highest BCUT2D eigenvalue weighted by Gasteiger charge is 2.00. The molecule has 1 N–H and O–H groups in total. The number of carbonyl (C=O) groups excluding carboxylic acids is 1. The summed E-state index contributed by atoms with van der Waals surface area (Å²) in [6, 6.07) is 0. The Morgan fingerprint density at radius 2 is 1.57 bits per heavy atom. The third-order valence-electron chi connectivity index (χ3n) is 2.43. The first-order valence-corrected chi connectivity index (χ1v) is 7.51. The zero-order chi connectivity index (χ0) is 15.6.